The van der Waals surface area contributed by atoms with Crippen molar-refractivity contribution >= 4 is 30.2 Å². The van der Waals surface area contributed by atoms with E-state index >= 15 is 0 Å². The van der Waals surface area contributed by atoms with Gasteiger partial charge in [0.15, 0.2) is 8.32 Å². The fourth-order valence-electron chi connectivity index (χ4n) is 1.13. The molecular weight excluding hydrogens is 276 g/mol. The SMILES string of the molecule is CC(C)(C)[Si](C)(C)O[C@@H]1COC(=O)[C@H]1Br. The van der Waals surface area contributed by atoms with E-state index in [4.69, 9.17) is 9.16 Å². The first kappa shape index (κ1) is 13.2. The molecule has 0 aromatic rings. The number of ether oxygens (including phenoxy) is 1. The van der Waals surface area contributed by atoms with Crippen molar-refractivity contribution in [1.29, 1.82) is 0 Å². The number of hydrogen-bond acceptors (Lipinski definition) is 3. The van der Waals surface area contributed by atoms with Crippen LogP contribution in [-0.2, 0) is 14.0 Å². The zero-order valence-electron chi connectivity index (χ0n) is 9.96. The lowest BCUT2D eigenvalue weighted by Crippen LogP contribution is -2.46. The zero-order chi connectivity index (χ0) is 11.9. The summed E-state index contributed by atoms with van der Waals surface area (Å²) in [6.07, 6.45) is -0.126. The maximum Gasteiger partial charge on any atom is 0.322 e. The number of carbonyl (C=O) groups is 1. The fourth-order valence-corrected chi connectivity index (χ4v) is 3.04. The highest BCUT2D eigenvalue weighted by Gasteiger charge is 2.44. The topological polar surface area (TPSA) is 35.5 Å². The molecular formula is C10H19BrO3Si. The minimum atomic E-state index is -1.80. The lowest BCUT2D eigenvalue weighted by molar-refractivity contribution is -0.137. The van der Waals surface area contributed by atoms with E-state index in [1.807, 2.05) is 0 Å². The number of esters is 1. The van der Waals surface area contributed by atoms with E-state index < -0.39 is 8.32 Å². The molecule has 0 aromatic heterocycles. The normalized spacial score (nSPS) is 28.0. The second kappa shape index (κ2) is 4.18. The molecule has 0 saturated carbocycles. The van der Waals surface area contributed by atoms with Crippen LogP contribution in [0.25, 0.3) is 0 Å². The van der Waals surface area contributed by atoms with E-state index in [-0.39, 0.29) is 21.9 Å². The summed E-state index contributed by atoms with van der Waals surface area (Å²) in [6.45, 7) is 11.3. The molecule has 0 N–H and O–H groups in total. The average molecular weight is 295 g/mol. The lowest BCUT2D eigenvalue weighted by Gasteiger charge is -2.38. The van der Waals surface area contributed by atoms with Crippen molar-refractivity contribution in [2.75, 3.05) is 6.61 Å². The van der Waals surface area contributed by atoms with Gasteiger partial charge in [0, 0.05) is 0 Å². The summed E-state index contributed by atoms with van der Waals surface area (Å²) >= 11 is 3.31. The van der Waals surface area contributed by atoms with E-state index in [0.717, 1.165) is 0 Å². The Morgan fingerprint density at radius 2 is 2.00 bits per heavy atom. The van der Waals surface area contributed by atoms with Gasteiger partial charge in [-0.05, 0) is 18.1 Å². The highest BCUT2D eigenvalue weighted by Crippen LogP contribution is 2.38. The maximum absolute atomic E-state index is 11.2. The molecule has 5 heteroatoms. The van der Waals surface area contributed by atoms with Crippen LogP contribution < -0.4 is 0 Å². The average Bonchev–Trinajstić information content (AvgIpc) is 2.33. The number of rotatable bonds is 2. The summed E-state index contributed by atoms with van der Waals surface area (Å²) in [6, 6.07) is 0. The van der Waals surface area contributed by atoms with Gasteiger partial charge in [0.2, 0.25) is 0 Å². The van der Waals surface area contributed by atoms with Crippen LogP contribution in [0.5, 0.6) is 0 Å². The highest BCUT2D eigenvalue weighted by molar-refractivity contribution is 9.10. The van der Waals surface area contributed by atoms with Crippen molar-refractivity contribution in [3.63, 3.8) is 0 Å². The number of cyclic esters (lactones) is 1. The first-order valence-electron chi connectivity index (χ1n) is 5.14. The minimum Gasteiger partial charge on any atom is -0.462 e. The van der Waals surface area contributed by atoms with Gasteiger partial charge in [-0.1, -0.05) is 36.7 Å². The third kappa shape index (κ3) is 2.82. The molecule has 0 spiro atoms. The molecule has 0 amide bonds. The smallest absolute Gasteiger partial charge is 0.322 e. The Morgan fingerprint density at radius 1 is 1.47 bits per heavy atom. The fraction of sp³-hybridized carbons (Fsp3) is 0.900. The summed E-state index contributed by atoms with van der Waals surface area (Å²) in [5.41, 5.74) is 0. The van der Waals surface area contributed by atoms with Crippen molar-refractivity contribution in [3.8, 4) is 0 Å². The largest absolute Gasteiger partial charge is 0.462 e. The van der Waals surface area contributed by atoms with Gasteiger partial charge >= 0.3 is 5.97 Å². The molecule has 2 atom stereocenters. The van der Waals surface area contributed by atoms with Crippen LogP contribution in [0, 0.1) is 0 Å². The standard InChI is InChI=1S/C10H19BrO3Si/c1-10(2,3)15(4,5)14-7-6-13-9(12)8(7)11/h7-8H,6H2,1-5H3/t7-,8+/m1/s1. The number of hydrogen-bond donors (Lipinski definition) is 0. The molecule has 3 nitrogen and oxygen atoms in total. The van der Waals surface area contributed by atoms with Gasteiger partial charge in [-0.25, -0.2) is 0 Å². The third-order valence-electron chi connectivity index (χ3n) is 3.19. The van der Waals surface area contributed by atoms with E-state index in [0.29, 0.717) is 6.61 Å². The third-order valence-corrected chi connectivity index (χ3v) is 8.66. The summed E-state index contributed by atoms with van der Waals surface area (Å²) in [5, 5.41) is 0.158. The molecule has 1 heterocycles. The molecule has 1 fully saturated rings. The van der Waals surface area contributed by atoms with Crippen molar-refractivity contribution in [1.82, 2.24) is 0 Å². The Bertz CT molecular complexity index is 260. The molecule has 88 valence electrons. The van der Waals surface area contributed by atoms with Crippen LogP contribution >= 0.6 is 15.9 Å². The molecule has 1 saturated heterocycles. The van der Waals surface area contributed by atoms with Crippen molar-refractivity contribution in [2.24, 2.45) is 0 Å². The Balaban J connectivity index is 2.66. The summed E-state index contributed by atoms with van der Waals surface area (Å²) in [4.78, 5) is 10.9. The van der Waals surface area contributed by atoms with Gasteiger partial charge < -0.3 is 9.16 Å². The van der Waals surface area contributed by atoms with Crippen molar-refractivity contribution in [3.05, 3.63) is 0 Å². The number of alkyl halides is 1. The number of carbonyl (C=O) groups excluding carboxylic acids is 1. The van der Waals surface area contributed by atoms with E-state index in [9.17, 15) is 4.79 Å². The van der Waals surface area contributed by atoms with E-state index in [2.05, 4.69) is 49.8 Å². The quantitative estimate of drug-likeness (QED) is 0.446. The van der Waals surface area contributed by atoms with Crippen LogP contribution in [0.4, 0.5) is 0 Å². The van der Waals surface area contributed by atoms with Crippen molar-refractivity contribution in [2.45, 2.75) is 49.8 Å². The lowest BCUT2D eigenvalue weighted by atomic mass is 10.2. The predicted molar refractivity (Wildman–Crippen MR) is 65.7 cm³/mol. The van der Waals surface area contributed by atoms with E-state index in [1.165, 1.54) is 0 Å². The van der Waals surface area contributed by atoms with Gasteiger partial charge in [0.25, 0.3) is 0 Å². The van der Waals surface area contributed by atoms with Gasteiger partial charge in [0.1, 0.15) is 17.5 Å². The van der Waals surface area contributed by atoms with Crippen LogP contribution in [0.2, 0.25) is 18.1 Å². The van der Waals surface area contributed by atoms with Gasteiger partial charge in [-0.15, -0.1) is 0 Å². The summed E-state index contributed by atoms with van der Waals surface area (Å²) < 4.78 is 11.0. The number of halogens is 1. The Labute approximate surface area is 101 Å². The van der Waals surface area contributed by atoms with Gasteiger partial charge in [-0.2, -0.15) is 0 Å². The first-order chi connectivity index (χ1) is 6.65. The van der Waals surface area contributed by atoms with Gasteiger partial charge in [0.05, 0.1) is 0 Å². The molecule has 0 unspecified atom stereocenters. The zero-order valence-corrected chi connectivity index (χ0v) is 12.6. The van der Waals surface area contributed by atoms with Crippen molar-refractivity contribution < 1.29 is 14.0 Å². The Morgan fingerprint density at radius 3 is 2.33 bits per heavy atom. The molecule has 0 aliphatic carbocycles. The molecule has 0 radical (unpaired) electrons. The van der Waals surface area contributed by atoms with Crippen LogP contribution in [0.15, 0.2) is 0 Å². The second-order valence-electron chi connectivity index (χ2n) is 5.45. The summed E-state index contributed by atoms with van der Waals surface area (Å²) in [5.74, 6) is -0.210. The molecule has 1 aliphatic heterocycles. The maximum atomic E-state index is 11.2. The van der Waals surface area contributed by atoms with E-state index in [1.54, 1.807) is 0 Å². The molecule has 0 bridgehead atoms. The Kier molecular flexibility index (Phi) is 3.68. The molecule has 1 aliphatic rings. The minimum absolute atomic E-state index is 0.126. The highest BCUT2D eigenvalue weighted by atomic mass is 79.9. The van der Waals surface area contributed by atoms with Crippen LogP contribution in [0.3, 0.4) is 0 Å². The van der Waals surface area contributed by atoms with Crippen LogP contribution in [0.1, 0.15) is 20.8 Å². The predicted octanol–water partition coefficient (Wildman–Crippen LogP) is 2.70. The molecule has 0 aromatic carbocycles. The second-order valence-corrected chi connectivity index (χ2v) is 11.2. The van der Waals surface area contributed by atoms with Crippen LogP contribution in [-0.4, -0.2) is 31.8 Å². The molecule has 15 heavy (non-hydrogen) atoms. The summed E-state index contributed by atoms with van der Waals surface area (Å²) in [7, 11) is -1.80. The Hall–Kier alpha value is 0.127. The first-order valence-corrected chi connectivity index (χ1v) is 8.96. The van der Waals surface area contributed by atoms with Gasteiger partial charge in [-0.3, -0.25) is 4.79 Å². The monoisotopic (exact) mass is 294 g/mol. The molecule has 1 rings (SSSR count).